The predicted octanol–water partition coefficient (Wildman–Crippen LogP) is 6.13. The maximum absolute atomic E-state index is 13.3. The molecule has 3 aliphatic carbocycles. The summed E-state index contributed by atoms with van der Waals surface area (Å²) in [6.45, 7) is 19.3. The maximum atomic E-state index is 13.3. The third-order valence-corrected chi connectivity index (χ3v) is 7.50. The van der Waals surface area contributed by atoms with Gasteiger partial charge >= 0.3 is 5.70 Å². The van der Waals surface area contributed by atoms with Crippen LogP contribution in [0.25, 0.3) is 26.2 Å². The zero-order chi connectivity index (χ0) is 30.0. The first-order valence-electron chi connectivity index (χ1n) is 13.2. The third kappa shape index (κ3) is 4.83. The predicted molar refractivity (Wildman–Crippen MR) is 162 cm³/mol. The molecule has 0 aliphatic heterocycles. The lowest BCUT2D eigenvalue weighted by atomic mass is 9.75. The van der Waals surface area contributed by atoms with Gasteiger partial charge in [-0.25, -0.2) is 9.69 Å². The molecule has 5 rings (SSSR count). The normalized spacial score (nSPS) is 20.0. The minimum Gasteiger partial charge on any atom is -0.775 e. The molecule has 0 bridgehead atoms. The van der Waals surface area contributed by atoms with E-state index in [4.69, 9.17) is 18.4 Å². The van der Waals surface area contributed by atoms with Gasteiger partial charge in [0.25, 0.3) is 6.07 Å². The highest BCUT2D eigenvalue weighted by Gasteiger charge is 2.33. The summed E-state index contributed by atoms with van der Waals surface area (Å²) >= 11 is 0. The van der Waals surface area contributed by atoms with Gasteiger partial charge < -0.3 is 5.41 Å². The van der Waals surface area contributed by atoms with E-state index in [1.165, 1.54) is 0 Å². The Morgan fingerprint density at radius 2 is 1.55 bits per heavy atom. The fraction of sp³-hybridized carbons (Fsp3) is 0.139. The van der Waals surface area contributed by atoms with Crippen molar-refractivity contribution in [1.82, 2.24) is 0 Å². The van der Waals surface area contributed by atoms with Gasteiger partial charge in [0.1, 0.15) is 0 Å². The average Bonchev–Trinajstić information content (AvgIpc) is 3.42. The average molecular weight is 545 g/mol. The largest absolute Gasteiger partial charge is 0.775 e. The number of hydrogen-bond acceptors (Lipinski definition) is 2. The zero-order valence-corrected chi connectivity index (χ0v) is 23.1. The van der Waals surface area contributed by atoms with Crippen LogP contribution in [-0.4, -0.2) is 17.4 Å². The molecule has 200 valence electrons. The Labute approximate surface area is 244 Å². The van der Waals surface area contributed by atoms with Gasteiger partial charge in [0.2, 0.25) is 5.70 Å². The Hall–Kier alpha value is -5.86. The number of allylic oxidation sites excluding steroid dienone is 12. The van der Waals surface area contributed by atoms with Crippen molar-refractivity contribution in [3.63, 3.8) is 0 Å². The summed E-state index contributed by atoms with van der Waals surface area (Å²) in [5.74, 6) is 1.52. The van der Waals surface area contributed by atoms with Crippen LogP contribution in [0.3, 0.4) is 0 Å². The van der Waals surface area contributed by atoms with E-state index in [-0.39, 0.29) is 28.4 Å². The summed E-state index contributed by atoms with van der Waals surface area (Å²) in [6, 6.07) is 16.3. The van der Waals surface area contributed by atoms with E-state index in [1.807, 2.05) is 24.1 Å². The van der Waals surface area contributed by atoms with Gasteiger partial charge in [0, 0.05) is 33.4 Å². The van der Waals surface area contributed by atoms with Crippen LogP contribution in [0.15, 0.2) is 113 Å². The second kappa shape index (κ2) is 11.0. The van der Waals surface area contributed by atoms with Crippen molar-refractivity contribution < 1.29 is 14.9 Å². The van der Waals surface area contributed by atoms with E-state index >= 15 is 0 Å². The lowest BCUT2D eigenvalue weighted by molar-refractivity contribution is -0.0909. The summed E-state index contributed by atoms with van der Waals surface area (Å²) < 4.78 is 0. The Morgan fingerprint density at radius 1 is 0.905 bits per heavy atom. The minimum absolute atomic E-state index is 0.0136. The molecule has 2 aromatic rings. The number of rotatable bonds is 4. The monoisotopic (exact) mass is 544 g/mol. The molecule has 1 N–H and O–H groups in total. The molecule has 2 aromatic carbocycles. The number of benzene rings is 2. The van der Waals surface area contributed by atoms with Gasteiger partial charge in [-0.2, -0.15) is 0 Å². The first-order valence-corrected chi connectivity index (χ1v) is 13.2. The van der Waals surface area contributed by atoms with E-state index in [0.29, 0.717) is 44.5 Å². The van der Waals surface area contributed by atoms with E-state index in [2.05, 4.69) is 29.6 Å². The Bertz CT molecular complexity index is 1950. The second-order valence-corrected chi connectivity index (χ2v) is 11.0. The van der Waals surface area contributed by atoms with Crippen LogP contribution in [0.4, 0.5) is 0 Å². The molecule has 0 saturated carbocycles. The molecule has 3 aliphatic rings. The van der Waals surface area contributed by atoms with E-state index in [0.717, 1.165) is 24.0 Å². The first kappa shape index (κ1) is 27.7. The van der Waals surface area contributed by atoms with Gasteiger partial charge in [0.05, 0.1) is 13.1 Å². The number of nitrogens with zero attached hydrogens (tertiary/aromatic N) is 3. The van der Waals surface area contributed by atoms with Crippen LogP contribution in [0, 0.1) is 24.6 Å². The summed E-state index contributed by atoms with van der Waals surface area (Å²) in [6.07, 6.45) is 10.6. The number of fused-ring (bicyclic) bond motifs is 2. The highest BCUT2D eigenvalue weighted by Crippen LogP contribution is 2.42. The van der Waals surface area contributed by atoms with Gasteiger partial charge in [-0.3, -0.25) is 15.5 Å². The highest BCUT2D eigenvalue weighted by atomic mass is 16.1. The molecule has 42 heavy (non-hydrogen) atoms. The first-order chi connectivity index (χ1) is 20.2. The molecule has 0 unspecified atom stereocenters. The fourth-order valence-corrected chi connectivity index (χ4v) is 5.82. The van der Waals surface area contributed by atoms with Gasteiger partial charge in [0.15, 0.2) is 11.6 Å². The van der Waals surface area contributed by atoms with E-state index in [1.54, 1.807) is 60.7 Å². The number of Topliss-reactive ketones (excluding diaryl/α,β-unsaturated/α-hetero) is 2. The van der Waals surface area contributed by atoms with Crippen molar-refractivity contribution in [3.8, 4) is 6.07 Å². The molecule has 0 heterocycles. The summed E-state index contributed by atoms with van der Waals surface area (Å²) in [7, 11) is 0. The van der Waals surface area contributed by atoms with Crippen LogP contribution in [0.2, 0.25) is 0 Å². The Kier molecular flexibility index (Phi) is 7.23. The molecular weight excluding hydrogens is 520 g/mol. The molecule has 0 amide bonds. The summed E-state index contributed by atoms with van der Waals surface area (Å²) in [4.78, 5) is 33.4. The van der Waals surface area contributed by atoms with Crippen molar-refractivity contribution in [3.05, 3.63) is 163 Å². The molecule has 6 heteroatoms. The van der Waals surface area contributed by atoms with Crippen molar-refractivity contribution in [2.75, 3.05) is 0 Å². The number of hydrogen-bond donors (Lipinski definition) is 1. The quantitative estimate of drug-likeness (QED) is 0.217. The molecular formula is C36H24N4O2. The van der Waals surface area contributed by atoms with Gasteiger partial charge in [-0.05, 0) is 40.5 Å². The topological polar surface area (TPSA) is 89.0 Å². The third-order valence-electron chi connectivity index (χ3n) is 7.50. The number of nitrogens with one attached hydrogen (secondary N) is 1. The lowest BCUT2D eigenvalue weighted by Crippen LogP contribution is -2.17. The van der Waals surface area contributed by atoms with E-state index < -0.39 is 0 Å². The van der Waals surface area contributed by atoms with Crippen molar-refractivity contribution in [1.29, 1.82) is 0 Å². The van der Waals surface area contributed by atoms with Crippen LogP contribution in [-0.2, 0) is 0 Å². The van der Waals surface area contributed by atoms with Crippen molar-refractivity contribution >= 4 is 28.6 Å². The molecule has 6 nitrogen and oxygen atoms in total. The second-order valence-electron chi connectivity index (χ2n) is 11.0. The van der Waals surface area contributed by atoms with Crippen molar-refractivity contribution in [2.45, 2.75) is 26.7 Å². The fourth-order valence-electron chi connectivity index (χ4n) is 5.82. The number of carbonyl (C=O) groups is 2. The van der Waals surface area contributed by atoms with Gasteiger partial charge in [-0.15, -0.1) is 5.26 Å². The van der Waals surface area contributed by atoms with E-state index in [9.17, 15) is 15.0 Å². The highest BCUT2D eigenvalue weighted by molar-refractivity contribution is 6.28. The maximum Gasteiger partial charge on any atom is 0.317 e. The SMILES string of the molecule is [C-]#[N+]C(=C=[N-])C1=C(/C=C/C2=CC(=C/C=C3\C(=O)c4ccccc4\C3=C(/C#[NH+])[N+]#[C-])/CC(C)(C)C2)C(=O)c2ccccc21. The standard InChI is InChI=1S/C36H23N4O2/c1-36(2)18-22(13-15-28-32(30(20-37)39-3)24-9-5-7-11-26(24)34(28)41)17-23(19-36)14-16-29-33(31(21-38)40-4)25-10-6-8-12-27(25)35(29)42/h5-17H,18-19H2,1-2H3/q-1/p+1/b15-13+,23-14-,29-16-,33-31-. The molecule has 0 atom stereocenters. The molecule has 0 aromatic heterocycles. The lowest BCUT2D eigenvalue weighted by Gasteiger charge is -2.30. The van der Waals surface area contributed by atoms with Crippen molar-refractivity contribution in [2.24, 2.45) is 5.41 Å². The molecule has 0 spiro atoms. The van der Waals surface area contributed by atoms with Crippen LogP contribution in [0.5, 0.6) is 0 Å². The zero-order valence-electron chi connectivity index (χ0n) is 23.1. The van der Waals surface area contributed by atoms with Crippen LogP contribution < -0.4 is 5.26 Å². The molecule has 0 radical (unpaired) electrons. The van der Waals surface area contributed by atoms with Crippen LogP contribution in [0.1, 0.15) is 58.5 Å². The number of carbonyl (C=O) groups excluding carboxylic acids is 2. The molecule has 0 fully saturated rings. The summed E-state index contributed by atoms with van der Waals surface area (Å²) in [5, 5.41) is 17.2. The minimum atomic E-state index is -0.221. The Morgan fingerprint density at radius 3 is 2.17 bits per heavy atom. The number of ketones is 2. The summed E-state index contributed by atoms with van der Waals surface area (Å²) in [5.41, 5.74) is 5.30. The van der Waals surface area contributed by atoms with Crippen LogP contribution >= 0.6 is 0 Å². The van der Waals surface area contributed by atoms with Gasteiger partial charge in [-0.1, -0.05) is 92.8 Å². The smallest absolute Gasteiger partial charge is 0.317 e. The Balaban J connectivity index is 1.57. The molecule has 0 saturated heterocycles.